The first-order valence-corrected chi connectivity index (χ1v) is 9.97. The highest BCUT2D eigenvalue weighted by Gasteiger charge is 2.50. The van der Waals surface area contributed by atoms with E-state index in [1.807, 2.05) is 38.9 Å². The molecule has 24 heavy (non-hydrogen) atoms. The Hall–Kier alpha value is -1.73. The molecule has 2 aromatic heterocycles. The van der Waals surface area contributed by atoms with E-state index < -0.39 is 5.41 Å². The van der Waals surface area contributed by atoms with E-state index in [1.165, 1.54) is 11.3 Å². The van der Waals surface area contributed by atoms with Gasteiger partial charge in [0.05, 0.1) is 16.1 Å². The number of hydrogen-bond donors (Lipinski definition) is 0. The van der Waals surface area contributed by atoms with Crippen molar-refractivity contribution in [1.29, 1.82) is 0 Å². The second kappa shape index (κ2) is 5.97. The average molecular weight is 361 g/mol. The van der Waals surface area contributed by atoms with Crippen LogP contribution in [0.4, 0.5) is 5.69 Å². The summed E-state index contributed by atoms with van der Waals surface area (Å²) in [5.74, 6) is 0.132. The zero-order valence-corrected chi connectivity index (χ0v) is 15.2. The zero-order valence-electron chi connectivity index (χ0n) is 13.5. The lowest BCUT2D eigenvalue weighted by atomic mass is 9.78. The number of nitrogens with zero attached hydrogens (tertiary/aromatic N) is 3. The molecule has 5 nitrogen and oxygen atoms in total. The van der Waals surface area contributed by atoms with Gasteiger partial charge in [0.2, 0.25) is 5.91 Å². The summed E-state index contributed by atoms with van der Waals surface area (Å²) in [5, 5.41) is 6.72. The highest BCUT2D eigenvalue weighted by molar-refractivity contribution is 7.09. The lowest BCUT2D eigenvalue weighted by Crippen LogP contribution is -2.50. The molecule has 0 radical (unpaired) electrons. The SMILES string of the molecule is Cc1nc(C(=O)N2CCCC3(CCN(c4ccsc4)C3=O)C2)cs1. The second-order valence-electron chi connectivity index (χ2n) is 6.55. The molecule has 4 rings (SSSR count). The van der Waals surface area contributed by atoms with E-state index in [1.54, 1.807) is 11.3 Å². The minimum absolute atomic E-state index is 0.0415. The van der Waals surface area contributed by atoms with Crippen LogP contribution in [0.25, 0.3) is 0 Å². The lowest BCUT2D eigenvalue weighted by Gasteiger charge is -2.38. The number of thiophene rings is 1. The van der Waals surface area contributed by atoms with Crippen LogP contribution in [-0.2, 0) is 4.79 Å². The van der Waals surface area contributed by atoms with Crippen LogP contribution in [0.2, 0.25) is 0 Å². The summed E-state index contributed by atoms with van der Waals surface area (Å²) in [5.41, 5.74) is 1.08. The minimum Gasteiger partial charge on any atom is -0.336 e. The smallest absolute Gasteiger partial charge is 0.273 e. The Kier molecular flexibility index (Phi) is 3.92. The molecule has 4 heterocycles. The maximum Gasteiger partial charge on any atom is 0.273 e. The number of thiazole rings is 1. The Bertz CT molecular complexity index is 771. The van der Waals surface area contributed by atoms with Gasteiger partial charge in [-0.3, -0.25) is 9.59 Å². The fourth-order valence-electron chi connectivity index (χ4n) is 3.79. The predicted molar refractivity (Wildman–Crippen MR) is 95.7 cm³/mol. The summed E-state index contributed by atoms with van der Waals surface area (Å²) in [7, 11) is 0. The third-order valence-electron chi connectivity index (χ3n) is 5.03. The van der Waals surface area contributed by atoms with Gasteiger partial charge in [-0.25, -0.2) is 4.98 Å². The third kappa shape index (κ3) is 2.56. The molecule has 2 saturated heterocycles. The number of aromatic nitrogens is 1. The first-order chi connectivity index (χ1) is 11.6. The van der Waals surface area contributed by atoms with Crippen LogP contribution >= 0.6 is 22.7 Å². The van der Waals surface area contributed by atoms with Crippen molar-refractivity contribution in [3.8, 4) is 0 Å². The highest BCUT2D eigenvalue weighted by atomic mass is 32.1. The third-order valence-corrected chi connectivity index (χ3v) is 6.48. The van der Waals surface area contributed by atoms with Gasteiger partial charge in [-0.2, -0.15) is 11.3 Å². The Morgan fingerprint density at radius 3 is 2.88 bits per heavy atom. The number of anilines is 1. The van der Waals surface area contributed by atoms with Crippen molar-refractivity contribution in [2.75, 3.05) is 24.5 Å². The Labute approximate surface area is 148 Å². The fraction of sp³-hybridized carbons (Fsp3) is 0.471. The Morgan fingerprint density at radius 2 is 2.17 bits per heavy atom. The van der Waals surface area contributed by atoms with Crippen LogP contribution in [0.5, 0.6) is 0 Å². The standard InChI is InChI=1S/C17H19N3O2S2/c1-12-18-14(10-24-12)15(21)19-6-2-4-17(11-19)5-7-20(16(17)22)13-3-8-23-9-13/h3,8-10H,2,4-7,11H2,1H3. The van der Waals surface area contributed by atoms with Crippen LogP contribution in [0.1, 0.15) is 34.8 Å². The number of rotatable bonds is 2. The van der Waals surface area contributed by atoms with Crippen molar-refractivity contribution in [2.24, 2.45) is 5.41 Å². The van der Waals surface area contributed by atoms with Crippen molar-refractivity contribution in [3.05, 3.63) is 32.9 Å². The molecule has 1 unspecified atom stereocenters. The van der Waals surface area contributed by atoms with E-state index in [4.69, 9.17) is 0 Å². The minimum atomic E-state index is -0.416. The van der Waals surface area contributed by atoms with E-state index >= 15 is 0 Å². The van der Waals surface area contributed by atoms with Crippen LogP contribution in [-0.4, -0.2) is 41.3 Å². The summed E-state index contributed by atoms with van der Waals surface area (Å²) >= 11 is 3.09. The van der Waals surface area contributed by atoms with E-state index in [-0.39, 0.29) is 11.8 Å². The largest absolute Gasteiger partial charge is 0.336 e. The number of hydrogen-bond acceptors (Lipinski definition) is 5. The molecule has 126 valence electrons. The first-order valence-electron chi connectivity index (χ1n) is 8.15. The summed E-state index contributed by atoms with van der Waals surface area (Å²) in [6.45, 7) is 3.87. The maximum absolute atomic E-state index is 13.1. The molecule has 0 N–H and O–H groups in total. The van der Waals surface area contributed by atoms with Crippen LogP contribution in [0.15, 0.2) is 22.2 Å². The molecule has 0 saturated carbocycles. The van der Waals surface area contributed by atoms with Gasteiger partial charge in [0.15, 0.2) is 0 Å². The average Bonchev–Trinajstić information content (AvgIpc) is 3.31. The van der Waals surface area contributed by atoms with Gasteiger partial charge in [-0.1, -0.05) is 0 Å². The molecule has 2 aliphatic rings. The molecule has 7 heteroatoms. The molecule has 0 bridgehead atoms. The van der Waals surface area contributed by atoms with Crippen molar-refractivity contribution in [1.82, 2.24) is 9.88 Å². The maximum atomic E-state index is 13.1. The molecular formula is C17H19N3O2S2. The van der Waals surface area contributed by atoms with E-state index in [0.29, 0.717) is 18.8 Å². The van der Waals surface area contributed by atoms with Gasteiger partial charge in [0.25, 0.3) is 5.91 Å². The van der Waals surface area contributed by atoms with Crippen molar-refractivity contribution in [3.63, 3.8) is 0 Å². The summed E-state index contributed by atoms with van der Waals surface area (Å²) < 4.78 is 0. The number of piperidine rings is 1. The summed E-state index contributed by atoms with van der Waals surface area (Å²) in [4.78, 5) is 33.8. The van der Waals surface area contributed by atoms with Gasteiger partial charge in [-0.15, -0.1) is 11.3 Å². The number of amides is 2. The molecule has 0 aromatic carbocycles. The van der Waals surface area contributed by atoms with Gasteiger partial charge in [0.1, 0.15) is 5.69 Å². The van der Waals surface area contributed by atoms with E-state index in [9.17, 15) is 9.59 Å². The number of carbonyl (C=O) groups excluding carboxylic acids is 2. The highest BCUT2D eigenvalue weighted by Crippen LogP contribution is 2.42. The van der Waals surface area contributed by atoms with Crippen LogP contribution in [0, 0.1) is 12.3 Å². The van der Waals surface area contributed by atoms with Gasteiger partial charge >= 0.3 is 0 Å². The molecule has 2 aliphatic heterocycles. The molecular weight excluding hydrogens is 342 g/mol. The normalized spacial score (nSPS) is 24.1. The number of likely N-dealkylation sites (tertiary alicyclic amines) is 1. The molecule has 0 aliphatic carbocycles. The molecule has 2 amide bonds. The zero-order chi connectivity index (χ0) is 16.7. The monoisotopic (exact) mass is 361 g/mol. The molecule has 2 fully saturated rings. The van der Waals surface area contributed by atoms with Gasteiger partial charge < -0.3 is 9.80 Å². The second-order valence-corrected chi connectivity index (χ2v) is 8.39. The van der Waals surface area contributed by atoms with Gasteiger partial charge in [0, 0.05) is 30.4 Å². The molecule has 1 atom stereocenters. The number of aryl methyl sites for hydroxylation is 1. The first kappa shape index (κ1) is 15.8. The summed E-state index contributed by atoms with van der Waals surface area (Å²) in [6.07, 6.45) is 2.56. The number of carbonyl (C=O) groups is 2. The Morgan fingerprint density at radius 1 is 1.29 bits per heavy atom. The quantitative estimate of drug-likeness (QED) is 0.825. The van der Waals surface area contributed by atoms with Crippen molar-refractivity contribution >= 4 is 40.2 Å². The van der Waals surface area contributed by atoms with Gasteiger partial charge in [-0.05, 0) is 37.6 Å². The summed E-state index contributed by atoms with van der Waals surface area (Å²) in [6, 6.07) is 1.99. The lowest BCUT2D eigenvalue weighted by molar-refractivity contribution is -0.127. The fourth-order valence-corrected chi connectivity index (χ4v) is 5.01. The predicted octanol–water partition coefficient (Wildman–Crippen LogP) is 3.17. The Balaban J connectivity index is 1.54. The van der Waals surface area contributed by atoms with Crippen molar-refractivity contribution in [2.45, 2.75) is 26.2 Å². The van der Waals surface area contributed by atoms with Crippen LogP contribution in [0.3, 0.4) is 0 Å². The topological polar surface area (TPSA) is 53.5 Å². The molecule has 2 aromatic rings. The molecule has 1 spiro atoms. The van der Waals surface area contributed by atoms with E-state index in [0.717, 1.165) is 36.5 Å². The van der Waals surface area contributed by atoms with Crippen molar-refractivity contribution < 1.29 is 9.59 Å². The van der Waals surface area contributed by atoms with Crippen LogP contribution < -0.4 is 4.90 Å². The van der Waals surface area contributed by atoms with E-state index in [2.05, 4.69) is 4.98 Å².